The first kappa shape index (κ1) is 29.1. The zero-order chi connectivity index (χ0) is 27.6. The van der Waals surface area contributed by atoms with E-state index in [0.717, 1.165) is 0 Å². The van der Waals surface area contributed by atoms with E-state index in [1.165, 1.54) is 29.2 Å². The van der Waals surface area contributed by atoms with Gasteiger partial charge in [-0.2, -0.15) is 39.5 Å². The maximum atomic E-state index is 13.6. The second-order valence-electron chi connectivity index (χ2n) is 8.76. The van der Waals surface area contributed by atoms with Crippen LogP contribution in [0.4, 0.5) is 39.5 Å². The number of rotatable bonds is 6. The molecule has 2 aromatic carbocycles. The van der Waals surface area contributed by atoms with Crippen LogP contribution in [-0.2, 0) is 28.3 Å². The van der Waals surface area contributed by atoms with Crippen LogP contribution in [-0.4, -0.2) is 42.8 Å². The summed E-state index contributed by atoms with van der Waals surface area (Å²) >= 11 is 5.74. The minimum Gasteiger partial charge on any atom is -0.451 e. The van der Waals surface area contributed by atoms with E-state index in [0.29, 0.717) is 22.7 Å². The Bertz CT molecular complexity index is 1050. The van der Waals surface area contributed by atoms with Crippen LogP contribution >= 0.6 is 11.6 Å². The number of piperidine rings is 1. The molecule has 0 bridgehead atoms. The van der Waals surface area contributed by atoms with E-state index < -0.39 is 60.6 Å². The first-order valence-electron chi connectivity index (χ1n) is 11.0. The average Bonchev–Trinajstić information content (AvgIpc) is 2.78. The summed E-state index contributed by atoms with van der Waals surface area (Å²) in [4.78, 5) is 13.4. The predicted octanol–water partition coefficient (Wildman–Crippen LogP) is 7.27. The van der Waals surface area contributed by atoms with Gasteiger partial charge in [-0.1, -0.05) is 23.7 Å². The second kappa shape index (κ2) is 11.1. The van der Waals surface area contributed by atoms with E-state index in [2.05, 4.69) is 4.74 Å². The highest BCUT2D eigenvalue weighted by atomic mass is 35.5. The van der Waals surface area contributed by atoms with Crippen molar-refractivity contribution in [2.45, 2.75) is 49.8 Å². The number of nitrogens with zero attached hydrogens (tertiary/aromatic N) is 1. The summed E-state index contributed by atoms with van der Waals surface area (Å²) in [5.74, 6) is -2.03. The first-order valence-corrected chi connectivity index (χ1v) is 11.4. The standard InChI is InChI=1S/C24H21ClF9NO2/c25-19-5-3-14(4-6-19)8-21(36)37-20(24(32,33)34)13-35-7-1-2-15(12-35)16-9-17(22(26,27)28)11-18(10-16)23(29,30)31/h3-6,9-11,15,20H,1-2,7-8,12-13H2/t15-,20-/m0/s1. The maximum Gasteiger partial charge on any atom is 0.426 e. The average molecular weight is 562 g/mol. The van der Waals surface area contributed by atoms with Crippen LogP contribution in [0, 0.1) is 0 Å². The molecule has 1 saturated heterocycles. The third kappa shape index (κ3) is 8.26. The zero-order valence-electron chi connectivity index (χ0n) is 19.0. The van der Waals surface area contributed by atoms with E-state index in [1.807, 2.05) is 0 Å². The number of hydrogen-bond donors (Lipinski definition) is 0. The number of ether oxygens (including phenoxy) is 1. The van der Waals surface area contributed by atoms with Crippen LogP contribution in [0.5, 0.6) is 0 Å². The van der Waals surface area contributed by atoms with Crippen molar-refractivity contribution in [3.8, 4) is 0 Å². The summed E-state index contributed by atoms with van der Waals surface area (Å²) in [6.45, 7) is -0.944. The number of benzene rings is 2. The predicted molar refractivity (Wildman–Crippen MR) is 116 cm³/mol. The summed E-state index contributed by atoms with van der Waals surface area (Å²) in [7, 11) is 0. The Balaban J connectivity index is 1.75. The van der Waals surface area contributed by atoms with Crippen LogP contribution in [0.15, 0.2) is 42.5 Å². The lowest BCUT2D eigenvalue weighted by Crippen LogP contribution is -2.47. The van der Waals surface area contributed by atoms with Gasteiger partial charge in [0.1, 0.15) is 0 Å². The highest BCUT2D eigenvalue weighted by Gasteiger charge is 2.44. The summed E-state index contributed by atoms with van der Waals surface area (Å²) in [5.41, 5.74) is -2.87. The molecule has 0 saturated carbocycles. The lowest BCUT2D eigenvalue weighted by molar-refractivity contribution is -0.224. The lowest BCUT2D eigenvalue weighted by atomic mass is 9.88. The van der Waals surface area contributed by atoms with Crippen LogP contribution < -0.4 is 0 Å². The smallest absolute Gasteiger partial charge is 0.426 e. The van der Waals surface area contributed by atoms with Crippen LogP contribution in [0.2, 0.25) is 5.02 Å². The molecular formula is C24H21ClF9NO2. The topological polar surface area (TPSA) is 29.5 Å². The molecule has 2 aromatic rings. The fraction of sp³-hybridized carbons (Fsp3) is 0.458. The number of likely N-dealkylation sites (tertiary alicyclic amines) is 1. The molecular weight excluding hydrogens is 541 g/mol. The van der Waals surface area contributed by atoms with Gasteiger partial charge in [-0.25, -0.2) is 0 Å². The van der Waals surface area contributed by atoms with Crippen molar-refractivity contribution >= 4 is 17.6 Å². The molecule has 1 fully saturated rings. The fourth-order valence-electron chi connectivity index (χ4n) is 4.12. The molecule has 0 unspecified atom stereocenters. The summed E-state index contributed by atoms with van der Waals surface area (Å²) in [6.07, 6.45) is -17.6. The van der Waals surface area contributed by atoms with Gasteiger partial charge in [-0.15, -0.1) is 0 Å². The van der Waals surface area contributed by atoms with Crippen molar-refractivity contribution in [3.05, 3.63) is 69.7 Å². The van der Waals surface area contributed by atoms with Crippen LogP contribution in [0.3, 0.4) is 0 Å². The minimum absolute atomic E-state index is 0.00388. The van der Waals surface area contributed by atoms with E-state index in [9.17, 15) is 44.3 Å². The molecule has 1 heterocycles. The number of esters is 1. The van der Waals surface area contributed by atoms with Gasteiger partial charge in [-0.05, 0) is 66.8 Å². The molecule has 0 spiro atoms. The van der Waals surface area contributed by atoms with E-state index in [1.54, 1.807) is 0 Å². The Morgan fingerprint density at radius 2 is 1.51 bits per heavy atom. The molecule has 1 aliphatic rings. The Labute approximate surface area is 211 Å². The Hall–Kier alpha value is -2.47. The Morgan fingerprint density at radius 3 is 2.03 bits per heavy atom. The molecule has 0 aromatic heterocycles. The highest BCUT2D eigenvalue weighted by Crippen LogP contribution is 2.39. The van der Waals surface area contributed by atoms with Gasteiger partial charge < -0.3 is 4.74 Å². The van der Waals surface area contributed by atoms with Crippen molar-refractivity contribution in [1.82, 2.24) is 4.90 Å². The second-order valence-corrected chi connectivity index (χ2v) is 9.20. The molecule has 0 aliphatic carbocycles. The lowest BCUT2D eigenvalue weighted by Gasteiger charge is -2.35. The molecule has 3 nitrogen and oxygen atoms in total. The summed E-state index contributed by atoms with van der Waals surface area (Å²) in [6, 6.07) is 7.00. The SMILES string of the molecule is O=C(Cc1ccc(Cl)cc1)O[C@@H](CN1CCC[C@H](c2cc(C(F)(F)F)cc(C(F)(F)F)c2)C1)C(F)(F)F. The number of carbonyl (C=O) groups is 1. The molecule has 0 amide bonds. The van der Waals surface area contributed by atoms with Gasteiger partial charge in [0.15, 0.2) is 0 Å². The Morgan fingerprint density at radius 1 is 0.946 bits per heavy atom. The quantitative estimate of drug-likeness (QED) is 0.274. The molecule has 0 radical (unpaired) electrons. The van der Waals surface area contributed by atoms with Crippen molar-refractivity contribution in [2.24, 2.45) is 0 Å². The number of halogens is 10. The zero-order valence-corrected chi connectivity index (χ0v) is 19.7. The molecule has 204 valence electrons. The van der Waals surface area contributed by atoms with Crippen LogP contribution in [0.1, 0.15) is 41.0 Å². The normalized spacial score (nSPS) is 18.5. The van der Waals surface area contributed by atoms with Gasteiger partial charge in [0.25, 0.3) is 0 Å². The summed E-state index contributed by atoms with van der Waals surface area (Å²) < 4.78 is 125. The highest BCUT2D eigenvalue weighted by molar-refractivity contribution is 6.30. The molecule has 13 heteroatoms. The van der Waals surface area contributed by atoms with E-state index in [-0.39, 0.29) is 37.6 Å². The van der Waals surface area contributed by atoms with Gasteiger partial charge in [0.2, 0.25) is 6.10 Å². The molecule has 2 atom stereocenters. The molecule has 37 heavy (non-hydrogen) atoms. The molecule has 0 N–H and O–H groups in total. The van der Waals surface area contributed by atoms with E-state index in [4.69, 9.17) is 11.6 Å². The van der Waals surface area contributed by atoms with Gasteiger partial charge in [0, 0.05) is 18.1 Å². The fourth-order valence-corrected chi connectivity index (χ4v) is 4.25. The minimum atomic E-state index is -5.04. The van der Waals surface area contributed by atoms with Gasteiger partial charge in [0.05, 0.1) is 17.5 Å². The Kier molecular flexibility index (Phi) is 8.73. The molecule has 3 rings (SSSR count). The first-order chi connectivity index (χ1) is 17.0. The third-order valence-electron chi connectivity index (χ3n) is 5.91. The number of alkyl halides is 9. The number of carbonyl (C=O) groups excluding carboxylic acids is 1. The van der Waals surface area contributed by atoms with Crippen molar-refractivity contribution < 1.29 is 49.0 Å². The summed E-state index contributed by atoms with van der Waals surface area (Å²) in [5, 5.41) is 0.369. The number of hydrogen-bond acceptors (Lipinski definition) is 3. The van der Waals surface area contributed by atoms with Crippen molar-refractivity contribution in [1.29, 1.82) is 0 Å². The van der Waals surface area contributed by atoms with Gasteiger partial charge in [-0.3, -0.25) is 9.69 Å². The van der Waals surface area contributed by atoms with Crippen molar-refractivity contribution in [3.63, 3.8) is 0 Å². The van der Waals surface area contributed by atoms with E-state index >= 15 is 0 Å². The maximum absolute atomic E-state index is 13.6. The molecule has 1 aliphatic heterocycles. The van der Waals surface area contributed by atoms with Crippen molar-refractivity contribution in [2.75, 3.05) is 19.6 Å². The third-order valence-corrected chi connectivity index (χ3v) is 6.16. The van der Waals surface area contributed by atoms with Crippen LogP contribution in [0.25, 0.3) is 0 Å². The van der Waals surface area contributed by atoms with Gasteiger partial charge >= 0.3 is 24.5 Å². The monoisotopic (exact) mass is 561 g/mol. The largest absolute Gasteiger partial charge is 0.451 e.